The zero-order chi connectivity index (χ0) is 6.57. The lowest BCUT2D eigenvalue weighted by atomic mass is 10.9. The van der Waals surface area contributed by atoms with Crippen LogP contribution in [0.3, 0.4) is 0 Å². The quantitative estimate of drug-likeness (QED) is 0.317. The third kappa shape index (κ3) is 1.83. The zero-order valence-corrected chi connectivity index (χ0v) is 3.92. The molecule has 0 aliphatic rings. The Balaban J connectivity index is 3.51. The fourth-order valence-corrected chi connectivity index (χ4v) is 0.141. The van der Waals surface area contributed by atoms with Crippen LogP contribution in [0.15, 0.2) is 0 Å². The number of carbonyl (C=O) groups is 1. The van der Waals surface area contributed by atoms with E-state index in [2.05, 4.69) is 0 Å². The SMILES string of the molecule is O=CN(CO)C(F)F. The third-order valence-electron chi connectivity index (χ3n) is 0.549. The molecule has 0 radical (unpaired) electrons. The van der Waals surface area contributed by atoms with Gasteiger partial charge < -0.3 is 5.11 Å². The van der Waals surface area contributed by atoms with E-state index in [1.54, 1.807) is 0 Å². The van der Waals surface area contributed by atoms with Crippen molar-refractivity contribution < 1.29 is 18.7 Å². The number of alkyl halides is 2. The number of aliphatic hydroxyl groups excluding tert-OH is 1. The van der Waals surface area contributed by atoms with Gasteiger partial charge in [-0.25, -0.2) is 0 Å². The molecule has 0 spiro atoms. The molecule has 0 aromatic carbocycles. The van der Waals surface area contributed by atoms with Crippen molar-refractivity contribution in [2.24, 2.45) is 0 Å². The monoisotopic (exact) mass is 125 g/mol. The van der Waals surface area contributed by atoms with Crippen LogP contribution in [0.1, 0.15) is 0 Å². The van der Waals surface area contributed by atoms with Gasteiger partial charge in [0.25, 0.3) is 0 Å². The fraction of sp³-hybridized carbons (Fsp3) is 0.667. The van der Waals surface area contributed by atoms with Gasteiger partial charge >= 0.3 is 6.55 Å². The Labute approximate surface area is 44.5 Å². The van der Waals surface area contributed by atoms with Crippen molar-refractivity contribution in [2.75, 3.05) is 6.73 Å². The number of nitrogens with zero attached hydrogens (tertiary/aromatic N) is 1. The summed E-state index contributed by atoms with van der Waals surface area (Å²) >= 11 is 0. The van der Waals surface area contributed by atoms with Crippen LogP contribution in [0.5, 0.6) is 0 Å². The van der Waals surface area contributed by atoms with E-state index in [1.165, 1.54) is 0 Å². The Bertz CT molecular complexity index is 77.7. The Morgan fingerprint density at radius 1 is 1.75 bits per heavy atom. The summed E-state index contributed by atoms with van der Waals surface area (Å²) in [4.78, 5) is 9.42. The van der Waals surface area contributed by atoms with Gasteiger partial charge in [0.1, 0.15) is 6.73 Å². The lowest BCUT2D eigenvalue weighted by Crippen LogP contribution is -2.27. The molecule has 0 fully saturated rings. The van der Waals surface area contributed by atoms with Crippen LogP contribution < -0.4 is 0 Å². The summed E-state index contributed by atoms with van der Waals surface area (Å²) in [6.07, 6.45) is -0.120. The summed E-state index contributed by atoms with van der Waals surface area (Å²) < 4.78 is 22.5. The zero-order valence-electron chi connectivity index (χ0n) is 3.92. The molecule has 5 heteroatoms. The van der Waals surface area contributed by atoms with Gasteiger partial charge in [0, 0.05) is 0 Å². The highest BCUT2D eigenvalue weighted by molar-refractivity contribution is 5.46. The molecular weight excluding hydrogens is 120 g/mol. The number of aliphatic hydroxyl groups is 1. The summed E-state index contributed by atoms with van der Waals surface area (Å²) in [7, 11) is 0. The summed E-state index contributed by atoms with van der Waals surface area (Å²) in [5.41, 5.74) is 0. The topological polar surface area (TPSA) is 40.5 Å². The third-order valence-corrected chi connectivity index (χ3v) is 0.549. The van der Waals surface area contributed by atoms with Crippen LogP contribution in [0.2, 0.25) is 0 Å². The fourth-order valence-electron chi connectivity index (χ4n) is 0.141. The molecular formula is C3H5F2NO2. The number of hydrogen-bond donors (Lipinski definition) is 1. The minimum atomic E-state index is -2.91. The summed E-state index contributed by atoms with van der Waals surface area (Å²) in [6, 6.07) is 0. The second-order valence-corrected chi connectivity index (χ2v) is 1.04. The lowest BCUT2D eigenvalue weighted by molar-refractivity contribution is -0.138. The maximum absolute atomic E-state index is 11.2. The van der Waals surface area contributed by atoms with Crippen molar-refractivity contribution in [3.05, 3.63) is 0 Å². The second-order valence-electron chi connectivity index (χ2n) is 1.04. The van der Waals surface area contributed by atoms with Crippen LogP contribution >= 0.6 is 0 Å². The molecule has 0 rings (SSSR count). The Hall–Kier alpha value is -0.710. The first-order chi connectivity index (χ1) is 3.72. The maximum Gasteiger partial charge on any atom is 0.319 e. The minimum Gasteiger partial charge on any atom is -0.376 e. The minimum absolute atomic E-state index is 0.0417. The van der Waals surface area contributed by atoms with Gasteiger partial charge in [0.15, 0.2) is 0 Å². The molecule has 1 amide bonds. The second kappa shape index (κ2) is 3.31. The van der Waals surface area contributed by atoms with Crippen LogP contribution in [-0.4, -0.2) is 29.7 Å². The Morgan fingerprint density at radius 3 is 2.25 bits per heavy atom. The van der Waals surface area contributed by atoms with Crippen LogP contribution in [0.25, 0.3) is 0 Å². The lowest BCUT2D eigenvalue weighted by Gasteiger charge is -2.10. The van der Waals surface area contributed by atoms with E-state index < -0.39 is 13.3 Å². The normalized spacial score (nSPS) is 9.50. The Kier molecular flexibility index (Phi) is 3.02. The molecule has 0 aliphatic heterocycles. The maximum atomic E-state index is 11.2. The van der Waals surface area contributed by atoms with Crippen molar-refractivity contribution in [2.45, 2.75) is 6.55 Å². The van der Waals surface area contributed by atoms with Crippen molar-refractivity contribution in [3.8, 4) is 0 Å². The van der Waals surface area contributed by atoms with E-state index in [0.29, 0.717) is 0 Å². The molecule has 8 heavy (non-hydrogen) atoms. The molecule has 1 N–H and O–H groups in total. The number of halogens is 2. The summed E-state index contributed by atoms with van der Waals surface area (Å²) in [6.45, 7) is -3.85. The smallest absolute Gasteiger partial charge is 0.319 e. The van der Waals surface area contributed by atoms with Gasteiger partial charge in [-0.2, -0.15) is 8.78 Å². The number of carbonyl (C=O) groups excluding carboxylic acids is 1. The van der Waals surface area contributed by atoms with Crippen LogP contribution in [0, 0.1) is 0 Å². The summed E-state index contributed by atoms with van der Waals surface area (Å²) in [5.74, 6) is 0. The van der Waals surface area contributed by atoms with Gasteiger partial charge in [-0.15, -0.1) is 0 Å². The van der Waals surface area contributed by atoms with Crippen molar-refractivity contribution in [1.29, 1.82) is 0 Å². The highest BCUT2D eigenvalue weighted by Gasteiger charge is 2.10. The predicted octanol–water partition coefficient (Wildman–Crippen LogP) is -0.383. The van der Waals surface area contributed by atoms with Crippen LogP contribution in [-0.2, 0) is 4.79 Å². The van der Waals surface area contributed by atoms with Crippen LogP contribution in [0.4, 0.5) is 8.78 Å². The molecule has 0 aromatic heterocycles. The highest BCUT2D eigenvalue weighted by atomic mass is 19.3. The van der Waals surface area contributed by atoms with Gasteiger partial charge in [-0.05, 0) is 0 Å². The number of amides is 1. The summed E-state index contributed by atoms with van der Waals surface area (Å²) in [5, 5.41) is 7.91. The molecule has 0 saturated carbocycles. The van der Waals surface area contributed by atoms with Crippen molar-refractivity contribution in [1.82, 2.24) is 4.90 Å². The Morgan fingerprint density at radius 2 is 2.25 bits per heavy atom. The standard InChI is InChI=1S/C3H5F2NO2/c4-3(5)6(1-7)2-8/h1,3,8H,2H2. The molecule has 0 saturated heterocycles. The van der Waals surface area contributed by atoms with E-state index in [9.17, 15) is 13.6 Å². The highest BCUT2D eigenvalue weighted by Crippen LogP contribution is 1.95. The van der Waals surface area contributed by atoms with E-state index in [4.69, 9.17) is 5.11 Å². The number of hydrogen-bond acceptors (Lipinski definition) is 2. The van der Waals surface area contributed by atoms with Gasteiger partial charge in [-0.1, -0.05) is 0 Å². The van der Waals surface area contributed by atoms with Gasteiger partial charge in [0.2, 0.25) is 6.41 Å². The van der Waals surface area contributed by atoms with Gasteiger partial charge in [-0.3, -0.25) is 9.69 Å². The van der Waals surface area contributed by atoms with E-state index in [-0.39, 0.29) is 11.3 Å². The van der Waals surface area contributed by atoms with E-state index >= 15 is 0 Å². The van der Waals surface area contributed by atoms with Crippen molar-refractivity contribution in [3.63, 3.8) is 0 Å². The van der Waals surface area contributed by atoms with E-state index in [0.717, 1.165) is 0 Å². The molecule has 3 nitrogen and oxygen atoms in total. The van der Waals surface area contributed by atoms with Gasteiger partial charge in [0.05, 0.1) is 0 Å². The largest absolute Gasteiger partial charge is 0.376 e. The molecule has 48 valence electrons. The molecule has 0 aromatic rings. The average molecular weight is 125 g/mol. The average Bonchev–Trinajstić information content (AvgIpc) is 1.69. The van der Waals surface area contributed by atoms with Crippen molar-refractivity contribution >= 4 is 6.41 Å². The molecule has 0 aliphatic carbocycles. The number of rotatable bonds is 3. The first-order valence-corrected chi connectivity index (χ1v) is 1.82. The molecule has 0 unspecified atom stereocenters. The molecule has 0 atom stereocenters. The first kappa shape index (κ1) is 7.29. The molecule has 0 bridgehead atoms. The molecule has 0 heterocycles. The first-order valence-electron chi connectivity index (χ1n) is 1.82. The predicted molar refractivity (Wildman–Crippen MR) is 21.0 cm³/mol. The van der Waals surface area contributed by atoms with E-state index in [1.807, 2.05) is 0 Å².